The average Bonchev–Trinajstić information content (AvgIpc) is 2.26. The topological polar surface area (TPSA) is 86.2 Å². The number of nitrogens with two attached hydrogens (primary N) is 1. The zero-order chi connectivity index (χ0) is 12.1. The van der Waals surface area contributed by atoms with E-state index < -0.39 is 0 Å². The SMILES string of the molecule is CC(O)CCN(C)c1cc(C(=N)N)ccn1. The van der Waals surface area contributed by atoms with Gasteiger partial charge in [-0.25, -0.2) is 4.98 Å². The molecule has 0 radical (unpaired) electrons. The maximum atomic E-state index is 9.19. The van der Waals surface area contributed by atoms with Crippen molar-refractivity contribution in [3.8, 4) is 0 Å². The summed E-state index contributed by atoms with van der Waals surface area (Å²) >= 11 is 0. The number of aliphatic hydroxyl groups is 1. The van der Waals surface area contributed by atoms with Crippen LogP contribution in [0.3, 0.4) is 0 Å². The Bertz CT molecular complexity index is 365. The Labute approximate surface area is 95.4 Å². The first-order chi connectivity index (χ1) is 7.50. The number of amidine groups is 1. The number of hydrogen-bond donors (Lipinski definition) is 3. The normalized spacial score (nSPS) is 12.2. The van der Waals surface area contributed by atoms with Gasteiger partial charge >= 0.3 is 0 Å². The molecule has 1 unspecified atom stereocenters. The second-order valence-corrected chi connectivity index (χ2v) is 3.88. The van der Waals surface area contributed by atoms with Gasteiger partial charge in [0.1, 0.15) is 11.7 Å². The van der Waals surface area contributed by atoms with E-state index in [1.165, 1.54) is 0 Å². The zero-order valence-corrected chi connectivity index (χ0v) is 9.64. The van der Waals surface area contributed by atoms with Gasteiger partial charge in [-0.1, -0.05) is 0 Å². The van der Waals surface area contributed by atoms with Gasteiger partial charge in [0.05, 0.1) is 6.10 Å². The standard InChI is InChI=1S/C11H18N4O/c1-8(16)4-6-15(2)10-7-9(11(12)13)3-5-14-10/h3,5,7-8,16H,4,6H2,1-2H3,(H3,12,13). The molecule has 0 bridgehead atoms. The number of nitrogens with one attached hydrogen (secondary N) is 1. The summed E-state index contributed by atoms with van der Waals surface area (Å²) in [5.41, 5.74) is 6.06. The lowest BCUT2D eigenvalue weighted by Gasteiger charge is -2.19. The summed E-state index contributed by atoms with van der Waals surface area (Å²) in [6.07, 6.45) is 1.99. The molecule has 88 valence electrons. The number of pyridine rings is 1. The lowest BCUT2D eigenvalue weighted by atomic mass is 10.2. The van der Waals surface area contributed by atoms with Crippen LogP contribution in [-0.4, -0.2) is 35.6 Å². The second kappa shape index (κ2) is 5.46. The molecule has 1 aromatic heterocycles. The van der Waals surface area contributed by atoms with Crippen molar-refractivity contribution in [2.45, 2.75) is 19.4 Å². The molecule has 0 amide bonds. The molecule has 1 aromatic rings. The molecule has 1 rings (SSSR count). The Morgan fingerprint density at radius 1 is 1.69 bits per heavy atom. The highest BCUT2D eigenvalue weighted by atomic mass is 16.3. The van der Waals surface area contributed by atoms with Gasteiger partial charge in [0, 0.05) is 25.4 Å². The number of aromatic nitrogens is 1. The van der Waals surface area contributed by atoms with Gasteiger partial charge in [-0.05, 0) is 25.5 Å². The van der Waals surface area contributed by atoms with E-state index >= 15 is 0 Å². The van der Waals surface area contributed by atoms with Gasteiger partial charge in [0.2, 0.25) is 0 Å². The molecule has 0 saturated carbocycles. The van der Waals surface area contributed by atoms with E-state index in [0.29, 0.717) is 18.5 Å². The average molecular weight is 222 g/mol. The first kappa shape index (κ1) is 12.4. The fraction of sp³-hybridized carbons (Fsp3) is 0.455. The molecule has 0 spiro atoms. The molecular weight excluding hydrogens is 204 g/mol. The number of rotatable bonds is 5. The summed E-state index contributed by atoms with van der Waals surface area (Å²) in [6.45, 7) is 2.47. The van der Waals surface area contributed by atoms with Gasteiger partial charge in [-0.3, -0.25) is 5.41 Å². The number of nitrogens with zero attached hydrogens (tertiary/aromatic N) is 2. The fourth-order valence-corrected chi connectivity index (χ4v) is 1.29. The summed E-state index contributed by atoms with van der Waals surface area (Å²) in [6, 6.07) is 3.47. The monoisotopic (exact) mass is 222 g/mol. The van der Waals surface area contributed by atoms with Gasteiger partial charge in [-0.15, -0.1) is 0 Å². The molecule has 5 heteroatoms. The Hall–Kier alpha value is -1.62. The van der Waals surface area contributed by atoms with Gasteiger partial charge in [0.15, 0.2) is 0 Å². The predicted molar refractivity (Wildman–Crippen MR) is 64.8 cm³/mol. The van der Waals surface area contributed by atoms with E-state index in [9.17, 15) is 5.11 Å². The Kier molecular flexibility index (Phi) is 4.25. The molecule has 5 nitrogen and oxygen atoms in total. The van der Waals surface area contributed by atoms with Crippen LogP contribution in [0.1, 0.15) is 18.9 Å². The maximum Gasteiger partial charge on any atom is 0.128 e. The van der Waals surface area contributed by atoms with Gasteiger partial charge < -0.3 is 15.7 Å². The highest BCUT2D eigenvalue weighted by Gasteiger charge is 2.06. The van der Waals surface area contributed by atoms with Gasteiger partial charge in [-0.2, -0.15) is 0 Å². The van der Waals surface area contributed by atoms with Gasteiger partial charge in [0.25, 0.3) is 0 Å². The molecule has 0 saturated heterocycles. The molecule has 1 atom stereocenters. The van der Waals surface area contributed by atoms with E-state index in [0.717, 1.165) is 5.82 Å². The molecule has 16 heavy (non-hydrogen) atoms. The van der Waals surface area contributed by atoms with Crippen molar-refractivity contribution in [2.24, 2.45) is 5.73 Å². The summed E-state index contributed by atoms with van der Waals surface area (Å²) in [7, 11) is 1.90. The lowest BCUT2D eigenvalue weighted by Crippen LogP contribution is -2.23. The zero-order valence-electron chi connectivity index (χ0n) is 9.64. The molecule has 4 N–H and O–H groups in total. The smallest absolute Gasteiger partial charge is 0.128 e. The van der Waals surface area contributed by atoms with Crippen molar-refractivity contribution < 1.29 is 5.11 Å². The van der Waals surface area contributed by atoms with Crippen LogP contribution in [0.25, 0.3) is 0 Å². The quantitative estimate of drug-likeness (QED) is 0.502. The minimum Gasteiger partial charge on any atom is -0.393 e. The molecule has 0 aliphatic carbocycles. The molecule has 1 heterocycles. The van der Waals surface area contributed by atoms with Crippen LogP contribution in [0.15, 0.2) is 18.3 Å². The van der Waals surface area contributed by atoms with E-state index in [2.05, 4.69) is 4.98 Å². The molecular formula is C11H18N4O. The Morgan fingerprint density at radius 3 is 2.94 bits per heavy atom. The van der Waals surface area contributed by atoms with Crippen LogP contribution in [0.2, 0.25) is 0 Å². The third-order valence-corrected chi connectivity index (χ3v) is 2.33. The first-order valence-corrected chi connectivity index (χ1v) is 5.20. The third kappa shape index (κ3) is 3.51. The summed E-state index contributed by atoms with van der Waals surface area (Å²) in [4.78, 5) is 6.12. The van der Waals surface area contributed by atoms with Crippen molar-refractivity contribution in [1.82, 2.24) is 4.98 Å². The molecule has 0 aliphatic heterocycles. The minimum atomic E-state index is -0.321. The Balaban J connectivity index is 2.71. The largest absolute Gasteiger partial charge is 0.393 e. The van der Waals surface area contributed by atoms with Crippen LogP contribution in [0, 0.1) is 5.41 Å². The number of hydrogen-bond acceptors (Lipinski definition) is 4. The van der Waals surface area contributed by atoms with E-state index in [-0.39, 0.29) is 11.9 Å². The summed E-state index contributed by atoms with van der Waals surface area (Å²) in [5.74, 6) is 0.793. The van der Waals surface area contributed by atoms with Crippen LogP contribution in [-0.2, 0) is 0 Å². The minimum absolute atomic E-state index is 0.0348. The van der Waals surface area contributed by atoms with Crippen molar-refractivity contribution in [3.05, 3.63) is 23.9 Å². The maximum absolute atomic E-state index is 9.19. The summed E-state index contributed by atoms with van der Waals surface area (Å²) < 4.78 is 0. The fourth-order valence-electron chi connectivity index (χ4n) is 1.29. The predicted octanol–water partition coefficient (Wildman–Crippen LogP) is 0.573. The van der Waals surface area contributed by atoms with Crippen LogP contribution in [0.4, 0.5) is 5.82 Å². The van der Waals surface area contributed by atoms with Crippen molar-refractivity contribution in [1.29, 1.82) is 5.41 Å². The van der Waals surface area contributed by atoms with Crippen molar-refractivity contribution in [3.63, 3.8) is 0 Å². The van der Waals surface area contributed by atoms with Crippen LogP contribution < -0.4 is 10.6 Å². The third-order valence-electron chi connectivity index (χ3n) is 2.33. The highest BCUT2D eigenvalue weighted by Crippen LogP contribution is 2.11. The Morgan fingerprint density at radius 2 is 2.38 bits per heavy atom. The molecule has 0 fully saturated rings. The molecule has 0 aliphatic rings. The number of anilines is 1. The first-order valence-electron chi connectivity index (χ1n) is 5.20. The van der Waals surface area contributed by atoms with Crippen LogP contribution >= 0.6 is 0 Å². The van der Waals surface area contributed by atoms with Crippen LogP contribution in [0.5, 0.6) is 0 Å². The lowest BCUT2D eigenvalue weighted by molar-refractivity contribution is 0.187. The number of nitrogen functional groups attached to an aromatic ring is 1. The van der Waals surface area contributed by atoms with Crippen molar-refractivity contribution >= 4 is 11.7 Å². The number of aliphatic hydroxyl groups excluding tert-OH is 1. The van der Waals surface area contributed by atoms with E-state index in [1.54, 1.807) is 25.3 Å². The highest BCUT2D eigenvalue weighted by molar-refractivity contribution is 5.95. The van der Waals surface area contributed by atoms with E-state index in [1.807, 2.05) is 11.9 Å². The second-order valence-electron chi connectivity index (χ2n) is 3.88. The van der Waals surface area contributed by atoms with Crippen molar-refractivity contribution in [2.75, 3.05) is 18.5 Å². The molecule has 0 aromatic carbocycles. The van der Waals surface area contributed by atoms with E-state index in [4.69, 9.17) is 11.1 Å². The summed E-state index contributed by atoms with van der Waals surface area (Å²) in [5, 5.41) is 16.5.